The molecule has 0 aromatic carbocycles. The molecule has 0 fully saturated rings. The molecule has 0 rings (SSSR count). The first-order valence-corrected chi connectivity index (χ1v) is 8.25. The third-order valence-corrected chi connectivity index (χ3v) is 3.87. The van der Waals surface area contributed by atoms with E-state index in [4.69, 9.17) is 0 Å². The predicted octanol–water partition coefficient (Wildman–Crippen LogP) is 5.54. The number of unbranched alkanes of at least 4 members (excludes halogenated alkanes) is 6. The average molecular weight is 255 g/mol. The molecule has 0 aliphatic rings. The quantitative estimate of drug-likeness (QED) is 0.451. The van der Waals surface area contributed by atoms with Crippen LogP contribution < -0.4 is 5.32 Å². The molecule has 1 unspecified atom stereocenters. The minimum absolute atomic E-state index is 0.505. The van der Waals surface area contributed by atoms with Crippen LogP contribution in [0.15, 0.2) is 0 Å². The second-order valence-electron chi connectivity index (χ2n) is 6.70. The van der Waals surface area contributed by atoms with Crippen LogP contribution in [-0.4, -0.2) is 12.6 Å². The third kappa shape index (κ3) is 11.1. The fourth-order valence-electron chi connectivity index (χ4n) is 2.91. The molecule has 0 aromatic rings. The van der Waals surface area contributed by atoms with Crippen molar-refractivity contribution in [1.82, 2.24) is 5.32 Å². The highest BCUT2D eigenvalue weighted by atomic mass is 14.9. The fraction of sp³-hybridized carbons (Fsp3) is 1.00. The third-order valence-electron chi connectivity index (χ3n) is 3.87. The van der Waals surface area contributed by atoms with Gasteiger partial charge in [-0.15, -0.1) is 0 Å². The van der Waals surface area contributed by atoms with Crippen LogP contribution in [-0.2, 0) is 0 Å². The highest BCUT2D eigenvalue weighted by Gasteiger charge is 2.19. The van der Waals surface area contributed by atoms with Crippen LogP contribution in [0.1, 0.15) is 92.4 Å². The van der Waals surface area contributed by atoms with E-state index in [1.807, 2.05) is 0 Å². The SMILES string of the molecule is CCCCCCCCCC(C)(C)CC(C)NCC. The highest BCUT2D eigenvalue weighted by molar-refractivity contribution is 4.74. The first kappa shape index (κ1) is 18.0. The van der Waals surface area contributed by atoms with Crippen molar-refractivity contribution in [1.29, 1.82) is 0 Å². The summed E-state index contributed by atoms with van der Waals surface area (Å²) in [7, 11) is 0. The van der Waals surface area contributed by atoms with Crippen LogP contribution in [0.2, 0.25) is 0 Å². The van der Waals surface area contributed by atoms with Gasteiger partial charge in [0.2, 0.25) is 0 Å². The molecule has 0 heterocycles. The van der Waals surface area contributed by atoms with E-state index in [1.54, 1.807) is 0 Å². The summed E-state index contributed by atoms with van der Waals surface area (Å²) in [6.07, 6.45) is 12.6. The smallest absolute Gasteiger partial charge is 0.00436 e. The normalized spacial score (nSPS) is 13.8. The van der Waals surface area contributed by atoms with Crippen molar-refractivity contribution in [3.8, 4) is 0 Å². The van der Waals surface area contributed by atoms with Crippen molar-refractivity contribution < 1.29 is 0 Å². The van der Waals surface area contributed by atoms with E-state index < -0.39 is 0 Å². The van der Waals surface area contributed by atoms with Gasteiger partial charge in [0, 0.05) is 6.04 Å². The zero-order valence-electron chi connectivity index (χ0n) is 13.6. The second kappa shape index (κ2) is 10.8. The Hall–Kier alpha value is -0.0400. The maximum atomic E-state index is 3.53. The Morgan fingerprint density at radius 3 is 2.00 bits per heavy atom. The van der Waals surface area contributed by atoms with Crippen molar-refractivity contribution in [2.24, 2.45) is 5.41 Å². The van der Waals surface area contributed by atoms with Gasteiger partial charge in [0.15, 0.2) is 0 Å². The van der Waals surface area contributed by atoms with Crippen LogP contribution >= 0.6 is 0 Å². The van der Waals surface area contributed by atoms with Crippen LogP contribution in [0.25, 0.3) is 0 Å². The van der Waals surface area contributed by atoms with Crippen molar-refractivity contribution in [2.45, 2.75) is 98.4 Å². The summed E-state index contributed by atoms with van der Waals surface area (Å²) >= 11 is 0. The molecule has 0 spiro atoms. The summed E-state index contributed by atoms with van der Waals surface area (Å²) in [5.41, 5.74) is 0.505. The molecule has 1 atom stereocenters. The molecular weight excluding hydrogens is 218 g/mol. The molecule has 0 saturated heterocycles. The monoisotopic (exact) mass is 255 g/mol. The summed E-state index contributed by atoms with van der Waals surface area (Å²) in [5.74, 6) is 0. The lowest BCUT2D eigenvalue weighted by molar-refractivity contribution is 0.260. The van der Waals surface area contributed by atoms with Gasteiger partial charge in [-0.05, 0) is 31.7 Å². The van der Waals surface area contributed by atoms with Crippen molar-refractivity contribution in [3.63, 3.8) is 0 Å². The molecule has 0 bridgehead atoms. The summed E-state index contributed by atoms with van der Waals surface area (Å²) < 4.78 is 0. The first-order chi connectivity index (χ1) is 8.52. The van der Waals surface area contributed by atoms with Gasteiger partial charge in [0.1, 0.15) is 0 Å². The van der Waals surface area contributed by atoms with Crippen LogP contribution in [0.5, 0.6) is 0 Å². The molecule has 0 aliphatic heterocycles. The molecule has 0 saturated carbocycles. The molecule has 1 heteroatoms. The lowest BCUT2D eigenvalue weighted by atomic mass is 9.81. The van der Waals surface area contributed by atoms with Crippen molar-refractivity contribution in [2.75, 3.05) is 6.54 Å². The van der Waals surface area contributed by atoms with Gasteiger partial charge in [0.25, 0.3) is 0 Å². The number of nitrogens with one attached hydrogen (secondary N) is 1. The Kier molecular flexibility index (Phi) is 10.8. The van der Waals surface area contributed by atoms with E-state index in [1.165, 1.54) is 57.8 Å². The Balaban J connectivity index is 3.51. The number of rotatable bonds is 12. The van der Waals surface area contributed by atoms with E-state index >= 15 is 0 Å². The van der Waals surface area contributed by atoms with Gasteiger partial charge in [-0.3, -0.25) is 0 Å². The Morgan fingerprint density at radius 1 is 0.889 bits per heavy atom. The lowest BCUT2D eigenvalue weighted by Gasteiger charge is -2.28. The van der Waals surface area contributed by atoms with Gasteiger partial charge in [-0.2, -0.15) is 0 Å². The van der Waals surface area contributed by atoms with Gasteiger partial charge >= 0.3 is 0 Å². The minimum atomic E-state index is 0.505. The molecule has 0 radical (unpaired) electrons. The zero-order valence-corrected chi connectivity index (χ0v) is 13.6. The van der Waals surface area contributed by atoms with Gasteiger partial charge < -0.3 is 5.32 Å². The van der Waals surface area contributed by atoms with Crippen LogP contribution in [0.4, 0.5) is 0 Å². The van der Waals surface area contributed by atoms with Gasteiger partial charge in [-0.1, -0.05) is 72.6 Å². The van der Waals surface area contributed by atoms with Crippen LogP contribution in [0, 0.1) is 5.41 Å². The van der Waals surface area contributed by atoms with E-state index in [0.29, 0.717) is 11.5 Å². The summed E-state index contributed by atoms with van der Waals surface area (Å²) in [4.78, 5) is 0. The van der Waals surface area contributed by atoms with E-state index in [9.17, 15) is 0 Å². The molecule has 0 aliphatic carbocycles. The van der Waals surface area contributed by atoms with Gasteiger partial charge in [0.05, 0.1) is 0 Å². The predicted molar refractivity (Wildman–Crippen MR) is 84.1 cm³/mol. The van der Waals surface area contributed by atoms with E-state index in [0.717, 1.165) is 6.54 Å². The molecule has 1 N–H and O–H groups in total. The second-order valence-corrected chi connectivity index (χ2v) is 6.70. The molecule has 0 aromatic heterocycles. The largest absolute Gasteiger partial charge is 0.315 e. The van der Waals surface area contributed by atoms with Crippen molar-refractivity contribution in [3.05, 3.63) is 0 Å². The van der Waals surface area contributed by atoms with E-state index in [-0.39, 0.29) is 0 Å². The summed E-state index contributed by atoms with van der Waals surface area (Å²) in [6.45, 7) is 12.7. The highest BCUT2D eigenvalue weighted by Crippen LogP contribution is 2.29. The molecule has 1 nitrogen and oxygen atoms in total. The fourth-order valence-corrected chi connectivity index (χ4v) is 2.91. The Labute approximate surface area is 116 Å². The number of hydrogen-bond acceptors (Lipinski definition) is 1. The molecule has 0 amide bonds. The molecule has 18 heavy (non-hydrogen) atoms. The molecule has 110 valence electrons. The standard InChI is InChI=1S/C17H37N/c1-6-8-9-10-11-12-13-14-17(4,5)15-16(3)18-7-2/h16,18H,6-15H2,1-5H3. The maximum Gasteiger partial charge on any atom is 0.00436 e. The number of hydrogen-bond donors (Lipinski definition) is 1. The minimum Gasteiger partial charge on any atom is -0.315 e. The van der Waals surface area contributed by atoms with Crippen molar-refractivity contribution >= 4 is 0 Å². The van der Waals surface area contributed by atoms with Crippen LogP contribution in [0.3, 0.4) is 0 Å². The topological polar surface area (TPSA) is 12.0 Å². The Morgan fingerprint density at radius 2 is 1.44 bits per heavy atom. The Bertz CT molecular complexity index is 174. The molecular formula is C17H37N. The van der Waals surface area contributed by atoms with Gasteiger partial charge in [-0.25, -0.2) is 0 Å². The summed E-state index contributed by atoms with van der Waals surface area (Å²) in [6, 6.07) is 0.662. The zero-order chi connectivity index (χ0) is 13.9. The maximum absolute atomic E-state index is 3.53. The average Bonchev–Trinajstić information content (AvgIpc) is 2.27. The van der Waals surface area contributed by atoms with E-state index in [2.05, 4.69) is 39.9 Å². The first-order valence-electron chi connectivity index (χ1n) is 8.25. The lowest BCUT2D eigenvalue weighted by Crippen LogP contribution is -2.31. The summed E-state index contributed by atoms with van der Waals surface area (Å²) in [5, 5.41) is 3.53.